The van der Waals surface area contributed by atoms with Crippen molar-refractivity contribution in [1.29, 1.82) is 0 Å². The summed E-state index contributed by atoms with van der Waals surface area (Å²) < 4.78 is 5.72. The molecule has 2 amide bonds. The molecule has 0 aromatic heterocycles. The Kier molecular flexibility index (Phi) is 5.35. The number of amides is 2. The second kappa shape index (κ2) is 8.10. The highest BCUT2D eigenvalue weighted by atomic mass is 35.5. The van der Waals surface area contributed by atoms with Gasteiger partial charge in [0.25, 0.3) is 11.8 Å². The van der Waals surface area contributed by atoms with Crippen LogP contribution in [0.3, 0.4) is 0 Å². The van der Waals surface area contributed by atoms with Gasteiger partial charge in [0.05, 0.1) is 11.4 Å². The number of halogens is 2. The molecule has 1 heterocycles. The topological polar surface area (TPSA) is 78.9 Å². The quantitative estimate of drug-likeness (QED) is 0.417. The molecule has 4 rings (SSSR count). The summed E-state index contributed by atoms with van der Waals surface area (Å²) >= 11 is 12.0. The Morgan fingerprint density at radius 1 is 0.833 bits per heavy atom. The van der Waals surface area contributed by atoms with Gasteiger partial charge >= 0.3 is 0 Å². The van der Waals surface area contributed by atoms with Crippen molar-refractivity contribution in [2.45, 2.75) is 0 Å². The zero-order chi connectivity index (χ0) is 21.3. The van der Waals surface area contributed by atoms with Crippen molar-refractivity contribution in [2.75, 3.05) is 10.2 Å². The van der Waals surface area contributed by atoms with E-state index in [0.717, 1.165) is 4.90 Å². The SMILES string of the molecule is O=C1C(Cl)=C(Nc2cc(Cl)ccc2O)C(=O)N1c1ccc(Oc2ccccc2)cc1. The minimum absolute atomic E-state index is 0.141. The number of anilines is 2. The molecule has 1 aliphatic rings. The third-order valence-corrected chi connectivity index (χ3v) is 4.91. The van der Waals surface area contributed by atoms with Crippen LogP contribution in [0.2, 0.25) is 5.02 Å². The van der Waals surface area contributed by atoms with Crippen LogP contribution in [-0.2, 0) is 9.59 Å². The van der Waals surface area contributed by atoms with E-state index < -0.39 is 11.8 Å². The molecule has 6 nitrogen and oxygen atoms in total. The molecule has 30 heavy (non-hydrogen) atoms. The number of hydrogen-bond acceptors (Lipinski definition) is 5. The van der Waals surface area contributed by atoms with E-state index in [-0.39, 0.29) is 22.2 Å². The third kappa shape index (κ3) is 3.83. The Hall–Kier alpha value is -3.48. The minimum Gasteiger partial charge on any atom is -0.506 e. The lowest BCUT2D eigenvalue weighted by Crippen LogP contribution is -2.32. The van der Waals surface area contributed by atoms with Crippen LogP contribution in [0.1, 0.15) is 0 Å². The molecule has 3 aromatic carbocycles. The van der Waals surface area contributed by atoms with Crippen LogP contribution in [0.25, 0.3) is 0 Å². The van der Waals surface area contributed by atoms with Gasteiger partial charge < -0.3 is 15.2 Å². The van der Waals surface area contributed by atoms with Crippen LogP contribution in [0.5, 0.6) is 17.2 Å². The molecule has 0 radical (unpaired) electrons. The van der Waals surface area contributed by atoms with E-state index in [1.165, 1.54) is 18.2 Å². The Bertz CT molecular complexity index is 1160. The van der Waals surface area contributed by atoms with Gasteiger partial charge in [-0.3, -0.25) is 9.59 Å². The summed E-state index contributed by atoms with van der Waals surface area (Å²) in [7, 11) is 0. The van der Waals surface area contributed by atoms with Crippen LogP contribution >= 0.6 is 23.2 Å². The zero-order valence-corrected chi connectivity index (χ0v) is 16.8. The molecule has 1 aliphatic heterocycles. The van der Waals surface area contributed by atoms with Crippen molar-refractivity contribution in [2.24, 2.45) is 0 Å². The molecule has 0 saturated heterocycles. The molecule has 3 aromatic rings. The Morgan fingerprint density at radius 3 is 2.20 bits per heavy atom. The van der Waals surface area contributed by atoms with Crippen molar-refractivity contribution in [3.05, 3.63) is 88.5 Å². The number of carbonyl (C=O) groups excluding carboxylic acids is 2. The summed E-state index contributed by atoms with van der Waals surface area (Å²) in [5, 5.41) is 12.7. The van der Waals surface area contributed by atoms with E-state index in [0.29, 0.717) is 22.2 Å². The number of imide groups is 1. The van der Waals surface area contributed by atoms with Gasteiger partial charge in [0, 0.05) is 5.02 Å². The van der Waals surface area contributed by atoms with E-state index in [9.17, 15) is 14.7 Å². The lowest BCUT2D eigenvalue weighted by atomic mass is 10.2. The number of benzene rings is 3. The van der Waals surface area contributed by atoms with Crippen LogP contribution in [0, 0.1) is 0 Å². The van der Waals surface area contributed by atoms with Crippen molar-refractivity contribution in [3.8, 4) is 17.2 Å². The molecule has 0 atom stereocenters. The van der Waals surface area contributed by atoms with Gasteiger partial charge in [-0.15, -0.1) is 0 Å². The first-order valence-corrected chi connectivity index (χ1v) is 9.56. The number of phenolic OH excluding ortho intramolecular Hbond substituents is 1. The second-order valence-corrected chi connectivity index (χ2v) is 7.14. The van der Waals surface area contributed by atoms with Crippen molar-refractivity contribution >= 4 is 46.4 Å². The van der Waals surface area contributed by atoms with Crippen LogP contribution in [0.15, 0.2) is 83.5 Å². The normalized spacial score (nSPS) is 13.7. The highest BCUT2D eigenvalue weighted by Crippen LogP contribution is 2.34. The second-order valence-electron chi connectivity index (χ2n) is 6.33. The smallest absolute Gasteiger partial charge is 0.283 e. The van der Waals surface area contributed by atoms with Crippen molar-refractivity contribution in [3.63, 3.8) is 0 Å². The summed E-state index contributed by atoms with van der Waals surface area (Å²) in [5.41, 5.74) is 0.338. The standard InChI is InChI=1S/C22H14Cl2N2O4/c23-13-6-11-18(27)17(12-13)25-20-19(24)21(28)26(22(20)29)14-7-9-16(10-8-14)30-15-4-2-1-3-5-15/h1-12,25,27H. The number of rotatable bonds is 5. The Morgan fingerprint density at radius 2 is 1.50 bits per heavy atom. The number of para-hydroxylation sites is 1. The predicted octanol–water partition coefficient (Wildman–Crippen LogP) is 5.27. The van der Waals surface area contributed by atoms with E-state index in [4.69, 9.17) is 27.9 Å². The van der Waals surface area contributed by atoms with E-state index >= 15 is 0 Å². The fourth-order valence-corrected chi connectivity index (χ4v) is 3.26. The molecule has 150 valence electrons. The first kappa shape index (κ1) is 19.8. The summed E-state index contributed by atoms with van der Waals surface area (Å²) in [5.74, 6) is -0.262. The highest BCUT2D eigenvalue weighted by Gasteiger charge is 2.39. The number of aromatic hydroxyl groups is 1. The van der Waals surface area contributed by atoms with Gasteiger partial charge in [-0.25, -0.2) is 4.90 Å². The molecule has 0 fully saturated rings. The van der Waals surface area contributed by atoms with Gasteiger partial charge in [-0.1, -0.05) is 41.4 Å². The third-order valence-electron chi connectivity index (χ3n) is 4.32. The maximum atomic E-state index is 12.9. The van der Waals surface area contributed by atoms with Crippen LogP contribution < -0.4 is 15.0 Å². The van der Waals surface area contributed by atoms with Gasteiger partial charge in [-0.05, 0) is 54.6 Å². The number of nitrogens with one attached hydrogen (secondary N) is 1. The van der Waals surface area contributed by atoms with Gasteiger partial charge in [0.15, 0.2) is 0 Å². The maximum absolute atomic E-state index is 12.9. The summed E-state index contributed by atoms with van der Waals surface area (Å²) in [4.78, 5) is 26.4. The fourth-order valence-electron chi connectivity index (χ4n) is 2.88. The zero-order valence-electron chi connectivity index (χ0n) is 15.3. The first-order valence-electron chi connectivity index (χ1n) is 8.81. The maximum Gasteiger partial charge on any atom is 0.283 e. The highest BCUT2D eigenvalue weighted by molar-refractivity contribution is 6.53. The van der Waals surface area contributed by atoms with Crippen LogP contribution in [0.4, 0.5) is 11.4 Å². The number of phenols is 1. The molecule has 0 aliphatic carbocycles. The Labute approximate surface area is 181 Å². The van der Waals surface area contributed by atoms with Gasteiger partial charge in [0.2, 0.25) is 0 Å². The molecule has 0 bridgehead atoms. The average Bonchev–Trinajstić information content (AvgIpc) is 2.95. The van der Waals surface area contributed by atoms with E-state index in [1.807, 2.05) is 30.3 Å². The molecule has 0 saturated carbocycles. The number of ether oxygens (including phenoxy) is 1. The van der Waals surface area contributed by atoms with Crippen molar-refractivity contribution in [1.82, 2.24) is 0 Å². The molecular formula is C22H14Cl2N2O4. The van der Waals surface area contributed by atoms with E-state index in [1.54, 1.807) is 24.3 Å². The predicted molar refractivity (Wildman–Crippen MR) is 115 cm³/mol. The molecule has 0 unspecified atom stereocenters. The number of carbonyl (C=O) groups is 2. The molecular weight excluding hydrogens is 427 g/mol. The van der Waals surface area contributed by atoms with Gasteiger partial charge in [-0.2, -0.15) is 0 Å². The molecule has 0 spiro atoms. The molecule has 2 N–H and O–H groups in total. The number of nitrogens with zero attached hydrogens (tertiary/aromatic N) is 1. The first-order chi connectivity index (χ1) is 14.4. The van der Waals surface area contributed by atoms with Gasteiger partial charge in [0.1, 0.15) is 28.0 Å². The Balaban J connectivity index is 1.55. The summed E-state index contributed by atoms with van der Waals surface area (Å²) in [6.07, 6.45) is 0. The lowest BCUT2D eigenvalue weighted by Gasteiger charge is -2.16. The lowest BCUT2D eigenvalue weighted by molar-refractivity contribution is -0.120. The monoisotopic (exact) mass is 440 g/mol. The minimum atomic E-state index is -0.678. The number of hydrogen-bond donors (Lipinski definition) is 2. The summed E-state index contributed by atoms with van der Waals surface area (Å²) in [6.45, 7) is 0. The van der Waals surface area contributed by atoms with Crippen LogP contribution in [-0.4, -0.2) is 16.9 Å². The summed E-state index contributed by atoms with van der Waals surface area (Å²) in [6, 6.07) is 19.9. The molecule has 8 heteroatoms. The fraction of sp³-hybridized carbons (Fsp3) is 0. The van der Waals surface area contributed by atoms with E-state index in [2.05, 4.69) is 5.32 Å². The van der Waals surface area contributed by atoms with Crippen molar-refractivity contribution < 1.29 is 19.4 Å². The average molecular weight is 441 g/mol. The largest absolute Gasteiger partial charge is 0.506 e.